The summed E-state index contributed by atoms with van der Waals surface area (Å²) in [6.07, 6.45) is 0.614. The lowest BCUT2D eigenvalue weighted by Gasteiger charge is -2.33. The van der Waals surface area contributed by atoms with Crippen LogP contribution in [0.1, 0.15) is 13.3 Å². The highest BCUT2D eigenvalue weighted by Crippen LogP contribution is 2.24. The smallest absolute Gasteiger partial charge is 0.266 e. The molecule has 1 fully saturated rings. The van der Waals surface area contributed by atoms with Crippen LogP contribution in [0, 0.1) is 5.92 Å². The Bertz CT molecular complexity index is 541. The van der Waals surface area contributed by atoms with Gasteiger partial charge >= 0.3 is 0 Å². The lowest BCUT2D eigenvalue weighted by atomic mass is 9.96. The number of hydrogen-bond donors (Lipinski definition) is 1. The van der Waals surface area contributed by atoms with Crippen molar-refractivity contribution in [1.82, 2.24) is 10.1 Å². The molecular weight excluding hydrogens is 242 g/mol. The zero-order chi connectivity index (χ0) is 13.2. The maximum absolute atomic E-state index is 9.91. The topological polar surface area (TPSA) is 62.4 Å². The average molecular weight is 259 g/mol. The van der Waals surface area contributed by atoms with Crippen LogP contribution in [0.25, 0.3) is 11.5 Å². The molecule has 1 aliphatic heterocycles. The van der Waals surface area contributed by atoms with Crippen molar-refractivity contribution in [3.8, 4) is 11.5 Å². The van der Waals surface area contributed by atoms with E-state index in [1.54, 1.807) is 0 Å². The highest BCUT2D eigenvalue weighted by atomic mass is 16.5. The first-order chi connectivity index (χ1) is 9.24. The Balaban J connectivity index is 1.79. The summed E-state index contributed by atoms with van der Waals surface area (Å²) in [5.74, 6) is 1.41. The molecule has 19 heavy (non-hydrogen) atoms. The molecule has 0 radical (unpaired) electrons. The van der Waals surface area contributed by atoms with Gasteiger partial charge in [0.15, 0.2) is 0 Å². The second-order valence-electron chi connectivity index (χ2n) is 5.04. The first-order valence-corrected chi connectivity index (χ1v) is 6.56. The average Bonchev–Trinajstić information content (AvgIpc) is 2.93. The Morgan fingerprint density at radius 3 is 2.84 bits per heavy atom. The third-order valence-electron chi connectivity index (χ3n) is 3.64. The van der Waals surface area contributed by atoms with Crippen LogP contribution < -0.4 is 4.90 Å². The maximum atomic E-state index is 9.91. The Kier molecular flexibility index (Phi) is 3.21. The number of aliphatic hydroxyl groups is 1. The van der Waals surface area contributed by atoms with E-state index in [9.17, 15) is 5.11 Å². The van der Waals surface area contributed by atoms with E-state index in [1.807, 2.05) is 35.2 Å². The van der Waals surface area contributed by atoms with Crippen molar-refractivity contribution >= 4 is 5.95 Å². The van der Waals surface area contributed by atoms with Gasteiger partial charge in [0.1, 0.15) is 0 Å². The minimum atomic E-state index is -0.326. The Morgan fingerprint density at radius 2 is 2.11 bits per heavy atom. The number of nitrogens with zero attached hydrogens (tertiary/aromatic N) is 3. The third kappa shape index (κ3) is 2.46. The van der Waals surface area contributed by atoms with E-state index in [2.05, 4.69) is 17.1 Å². The second-order valence-corrected chi connectivity index (χ2v) is 5.04. The number of piperidine rings is 1. The van der Waals surface area contributed by atoms with Crippen LogP contribution >= 0.6 is 0 Å². The fourth-order valence-corrected chi connectivity index (χ4v) is 2.27. The van der Waals surface area contributed by atoms with E-state index in [4.69, 9.17) is 4.52 Å². The Labute approximate surface area is 111 Å². The van der Waals surface area contributed by atoms with Gasteiger partial charge in [-0.3, -0.25) is 0 Å². The summed E-state index contributed by atoms with van der Waals surface area (Å²) in [7, 11) is 0. The number of hydrogen-bond acceptors (Lipinski definition) is 5. The molecule has 0 aliphatic carbocycles. The van der Waals surface area contributed by atoms with E-state index < -0.39 is 0 Å². The summed E-state index contributed by atoms with van der Waals surface area (Å²) in [4.78, 5) is 6.37. The van der Waals surface area contributed by atoms with Crippen molar-refractivity contribution in [3.63, 3.8) is 0 Å². The molecule has 2 aromatic rings. The van der Waals surface area contributed by atoms with Gasteiger partial charge in [-0.2, -0.15) is 4.98 Å². The molecule has 1 aromatic heterocycles. The largest absolute Gasteiger partial charge is 0.391 e. The lowest BCUT2D eigenvalue weighted by molar-refractivity contribution is 0.102. The minimum Gasteiger partial charge on any atom is -0.391 e. The molecule has 5 nitrogen and oxygen atoms in total. The first kappa shape index (κ1) is 12.2. The number of aromatic nitrogens is 2. The molecule has 2 atom stereocenters. The van der Waals surface area contributed by atoms with Crippen molar-refractivity contribution in [3.05, 3.63) is 30.3 Å². The summed E-state index contributed by atoms with van der Waals surface area (Å²) in [5.41, 5.74) is 0.909. The standard InChI is InChI=1S/C14H17N3O2/c1-10-7-8-17(9-12(10)18)14-15-13(19-16-14)11-5-3-2-4-6-11/h2-6,10,12,18H,7-9H2,1H3. The molecule has 0 saturated carbocycles. The number of benzene rings is 1. The molecule has 100 valence electrons. The molecule has 5 heteroatoms. The molecule has 0 amide bonds. The normalized spacial score (nSPS) is 23.6. The van der Waals surface area contributed by atoms with E-state index in [0.717, 1.165) is 18.5 Å². The van der Waals surface area contributed by atoms with Crippen molar-refractivity contribution in [2.75, 3.05) is 18.0 Å². The van der Waals surface area contributed by atoms with Crippen molar-refractivity contribution in [1.29, 1.82) is 0 Å². The third-order valence-corrected chi connectivity index (χ3v) is 3.64. The zero-order valence-corrected chi connectivity index (χ0v) is 10.9. The van der Waals surface area contributed by atoms with Crippen molar-refractivity contribution < 1.29 is 9.63 Å². The highest BCUT2D eigenvalue weighted by molar-refractivity contribution is 5.54. The van der Waals surface area contributed by atoms with Crippen molar-refractivity contribution in [2.24, 2.45) is 5.92 Å². The molecular formula is C14H17N3O2. The van der Waals surface area contributed by atoms with Crippen LogP contribution in [0.5, 0.6) is 0 Å². The van der Waals surface area contributed by atoms with Crippen LogP contribution in [0.3, 0.4) is 0 Å². The second kappa shape index (κ2) is 5.01. The van der Waals surface area contributed by atoms with Crippen LogP contribution in [-0.2, 0) is 0 Å². The first-order valence-electron chi connectivity index (χ1n) is 6.56. The number of anilines is 1. The van der Waals surface area contributed by atoms with Gasteiger partial charge in [0.05, 0.1) is 6.10 Å². The van der Waals surface area contributed by atoms with Gasteiger partial charge in [0, 0.05) is 18.7 Å². The number of rotatable bonds is 2. The molecule has 1 aliphatic rings. The van der Waals surface area contributed by atoms with Gasteiger partial charge < -0.3 is 14.5 Å². The minimum absolute atomic E-state index is 0.326. The monoisotopic (exact) mass is 259 g/mol. The molecule has 0 spiro atoms. The summed E-state index contributed by atoms with van der Waals surface area (Å²) in [6.45, 7) is 3.48. The quantitative estimate of drug-likeness (QED) is 0.893. The van der Waals surface area contributed by atoms with Gasteiger partial charge in [-0.1, -0.05) is 25.1 Å². The lowest BCUT2D eigenvalue weighted by Crippen LogP contribution is -2.43. The molecule has 3 rings (SSSR count). The predicted octanol–water partition coefficient (Wildman–Crippen LogP) is 1.94. The van der Waals surface area contributed by atoms with E-state index in [1.165, 1.54) is 0 Å². The Hall–Kier alpha value is -1.88. The SMILES string of the molecule is CC1CCN(c2noc(-c3ccccc3)n2)CC1O. The molecule has 1 N–H and O–H groups in total. The highest BCUT2D eigenvalue weighted by Gasteiger charge is 2.27. The molecule has 2 heterocycles. The van der Waals surface area contributed by atoms with Crippen LogP contribution in [0.2, 0.25) is 0 Å². The van der Waals surface area contributed by atoms with Crippen LogP contribution in [-0.4, -0.2) is 34.4 Å². The molecule has 2 unspecified atom stereocenters. The number of β-amino-alcohol motifs (C(OH)–C–C–N with tert-alkyl or cyclic N) is 1. The van der Waals surface area contributed by atoms with Gasteiger partial charge in [-0.25, -0.2) is 0 Å². The summed E-state index contributed by atoms with van der Waals surface area (Å²) in [5, 5.41) is 13.9. The summed E-state index contributed by atoms with van der Waals surface area (Å²) in [6, 6.07) is 9.69. The molecule has 1 aromatic carbocycles. The van der Waals surface area contributed by atoms with Gasteiger partial charge in [-0.15, -0.1) is 0 Å². The van der Waals surface area contributed by atoms with E-state index in [-0.39, 0.29) is 6.10 Å². The van der Waals surface area contributed by atoms with Gasteiger partial charge in [0.2, 0.25) is 0 Å². The summed E-state index contributed by atoms with van der Waals surface area (Å²) >= 11 is 0. The fraction of sp³-hybridized carbons (Fsp3) is 0.429. The zero-order valence-electron chi connectivity index (χ0n) is 10.9. The van der Waals surface area contributed by atoms with Crippen molar-refractivity contribution in [2.45, 2.75) is 19.4 Å². The summed E-state index contributed by atoms with van der Waals surface area (Å²) < 4.78 is 5.28. The van der Waals surface area contributed by atoms with Crippen LogP contribution in [0.4, 0.5) is 5.95 Å². The fourth-order valence-electron chi connectivity index (χ4n) is 2.27. The van der Waals surface area contributed by atoms with Gasteiger partial charge in [0.25, 0.3) is 11.8 Å². The van der Waals surface area contributed by atoms with Crippen LogP contribution in [0.15, 0.2) is 34.9 Å². The number of aliphatic hydroxyl groups excluding tert-OH is 1. The van der Waals surface area contributed by atoms with Gasteiger partial charge in [-0.05, 0) is 29.6 Å². The predicted molar refractivity (Wildman–Crippen MR) is 71.7 cm³/mol. The van der Waals surface area contributed by atoms with E-state index in [0.29, 0.717) is 24.3 Å². The maximum Gasteiger partial charge on any atom is 0.266 e. The molecule has 0 bridgehead atoms. The van der Waals surface area contributed by atoms with E-state index >= 15 is 0 Å². The molecule has 1 saturated heterocycles. The Morgan fingerprint density at radius 1 is 1.32 bits per heavy atom.